The van der Waals surface area contributed by atoms with Crippen molar-refractivity contribution >= 4 is 11.0 Å². The number of phenols is 1. The second-order valence-corrected chi connectivity index (χ2v) is 4.43. The van der Waals surface area contributed by atoms with Gasteiger partial charge in [-0.15, -0.1) is 0 Å². The molecule has 1 aromatic heterocycles. The van der Waals surface area contributed by atoms with E-state index in [0.29, 0.717) is 5.92 Å². The third-order valence-electron chi connectivity index (χ3n) is 3.22. The Kier molecular flexibility index (Phi) is 2.29. The van der Waals surface area contributed by atoms with Crippen LogP contribution >= 0.6 is 0 Å². The number of hydrogen-bond donors (Lipinski definition) is 2. The molecule has 1 fully saturated rings. The Morgan fingerprint density at radius 1 is 1.50 bits per heavy atom. The Labute approximate surface area is 93.9 Å². The molecule has 1 aliphatic heterocycles. The number of imidazole rings is 1. The third kappa shape index (κ3) is 1.65. The number of rotatable bonds is 2. The van der Waals surface area contributed by atoms with Crippen molar-refractivity contribution in [2.24, 2.45) is 5.92 Å². The molecule has 0 spiro atoms. The minimum Gasteiger partial charge on any atom is -0.508 e. The number of aromatic hydroxyl groups is 1. The van der Waals surface area contributed by atoms with Gasteiger partial charge in [-0.1, -0.05) is 0 Å². The number of phenolic OH excluding ortho intramolecular Hbond substituents is 1. The molecular weight excluding hydrogens is 202 g/mol. The maximum absolute atomic E-state index is 9.36. The van der Waals surface area contributed by atoms with E-state index in [-0.39, 0.29) is 5.75 Å². The predicted molar refractivity (Wildman–Crippen MR) is 62.4 cm³/mol. The maximum Gasteiger partial charge on any atom is 0.117 e. The van der Waals surface area contributed by atoms with Crippen LogP contribution < -0.4 is 5.32 Å². The Morgan fingerprint density at radius 3 is 3.25 bits per heavy atom. The lowest BCUT2D eigenvalue weighted by Gasteiger charge is -2.09. The maximum atomic E-state index is 9.36. The molecule has 1 aliphatic rings. The number of nitrogens with one attached hydrogen (secondary N) is 1. The summed E-state index contributed by atoms with van der Waals surface area (Å²) < 4.78 is 2.17. The van der Waals surface area contributed by atoms with Gasteiger partial charge in [0.25, 0.3) is 0 Å². The number of fused-ring (bicyclic) bond motifs is 1. The molecule has 1 aromatic carbocycles. The normalized spacial score (nSPS) is 20.6. The Balaban J connectivity index is 1.91. The van der Waals surface area contributed by atoms with E-state index in [9.17, 15) is 5.11 Å². The molecule has 1 saturated heterocycles. The monoisotopic (exact) mass is 217 g/mol. The molecule has 0 bridgehead atoms. The third-order valence-corrected chi connectivity index (χ3v) is 3.22. The molecule has 16 heavy (non-hydrogen) atoms. The van der Waals surface area contributed by atoms with Crippen molar-refractivity contribution in [1.82, 2.24) is 14.9 Å². The molecule has 0 radical (unpaired) electrons. The summed E-state index contributed by atoms with van der Waals surface area (Å²) in [5.41, 5.74) is 1.97. The fourth-order valence-electron chi connectivity index (χ4n) is 2.35. The second kappa shape index (κ2) is 3.79. The molecule has 2 N–H and O–H groups in total. The van der Waals surface area contributed by atoms with Crippen molar-refractivity contribution < 1.29 is 5.11 Å². The fourth-order valence-corrected chi connectivity index (χ4v) is 2.35. The van der Waals surface area contributed by atoms with Crippen LogP contribution in [0.25, 0.3) is 11.0 Å². The molecule has 2 heterocycles. The molecular formula is C12H15N3O. The van der Waals surface area contributed by atoms with E-state index >= 15 is 0 Å². The van der Waals surface area contributed by atoms with E-state index in [0.717, 1.165) is 30.7 Å². The van der Waals surface area contributed by atoms with E-state index in [1.807, 2.05) is 12.4 Å². The van der Waals surface area contributed by atoms with E-state index in [1.54, 1.807) is 12.1 Å². The lowest BCUT2D eigenvalue weighted by atomic mass is 10.1. The van der Waals surface area contributed by atoms with Gasteiger partial charge in [0, 0.05) is 12.6 Å². The first kappa shape index (κ1) is 9.66. The minimum absolute atomic E-state index is 0.278. The van der Waals surface area contributed by atoms with Crippen LogP contribution in [0.5, 0.6) is 5.75 Å². The van der Waals surface area contributed by atoms with Gasteiger partial charge in [0.15, 0.2) is 0 Å². The van der Waals surface area contributed by atoms with Gasteiger partial charge >= 0.3 is 0 Å². The summed E-state index contributed by atoms with van der Waals surface area (Å²) in [6.45, 7) is 3.23. The second-order valence-electron chi connectivity index (χ2n) is 4.43. The first-order chi connectivity index (χ1) is 7.83. The Hall–Kier alpha value is -1.55. The van der Waals surface area contributed by atoms with Crippen molar-refractivity contribution in [3.05, 3.63) is 24.5 Å². The van der Waals surface area contributed by atoms with E-state index in [1.165, 1.54) is 6.42 Å². The molecule has 0 amide bonds. The average Bonchev–Trinajstić information content (AvgIpc) is 2.89. The number of aromatic nitrogens is 2. The van der Waals surface area contributed by atoms with Gasteiger partial charge in [-0.2, -0.15) is 0 Å². The van der Waals surface area contributed by atoms with Crippen LogP contribution in [0, 0.1) is 5.92 Å². The van der Waals surface area contributed by atoms with Crippen LogP contribution in [0.1, 0.15) is 6.42 Å². The number of nitrogens with zero attached hydrogens (tertiary/aromatic N) is 2. The molecule has 0 saturated carbocycles. The van der Waals surface area contributed by atoms with Crippen LogP contribution in [-0.4, -0.2) is 27.7 Å². The zero-order valence-electron chi connectivity index (χ0n) is 9.06. The highest BCUT2D eigenvalue weighted by Gasteiger charge is 2.15. The van der Waals surface area contributed by atoms with Crippen molar-refractivity contribution in [1.29, 1.82) is 0 Å². The lowest BCUT2D eigenvalue weighted by Crippen LogP contribution is -2.13. The SMILES string of the molecule is Oc1ccc2c(c1)ncn2CC1CCNC1. The zero-order valence-corrected chi connectivity index (χ0v) is 9.06. The Bertz CT molecular complexity index is 500. The van der Waals surface area contributed by atoms with Gasteiger partial charge in [-0.3, -0.25) is 0 Å². The van der Waals surface area contributed by atoms with Gasteiger partial charge in [0.2, 0.25) is 0 Å². The van der Waals surface area contributed by atoms with Crippen molar-refractivity contribution in [2.75, 3.05) is 13.1 Å². The van der Waals surface area contributed by atoms with E-state index < -0.39 is 0 Å². The van der Waals surface area contributed by atoms with E-state index in [4.69, 9.17) is 0 Å². The van der Waals surface area contributed by atoms with Crippen molar-refractivity contribution in [3.8, 4) is 5.75 Å². The van der Waals surface area contributed by atoms with Crippen LogP contribution in [0.2, 0.25) is 0 Å². The standard InChI is InChI=1S/C12H15N3O/c16-10-1-2-12-11(5-10)14-8-15(12)7-9-3-4-13-6-9/h1-2,5,8-9,13,16H,3-4,6-7H2. The smallest absolute Gasteiger partial charge is 0.117 e. The molecule has 1 atom stereocenters. The predicted octanol–water partition coefficient (Wildman–Crippen LogP) is 1.35. The Morgan fingerprint density at radius 2 is 2.44 bits per heavy atom. The topological polar surface area (TPSA) is 50.1 Å². The highest BCUT2D eigenvalue weighted by molar-refractivity contribution is 5.76. The summed E-state index contributed by atoms with van der Waals surface area (Å²) in [7, 11) is 0. The molecule has 4 heteroatoms. The summed E-state index contributed by atoms with van der Waals surface area (Å²) in [6.07, 6.45) is 3.10. The molecule has 1 unspecified atom stereocenters. The van der Waals surface area contributed by atoms with E-state index in [2.05, 4.69) is 14.9 Å². The van der Waals surface area contributed by atoms with Crippen LogP contribution in [-0.2, 0) is 6.54 Å². The summed E-state index contributed by atoms with van der Waals surface area (Å²) in [5.74, 6) is 0.978. The average molecular weight is 217 g/mol. The molecule has 2 aromatic rings. The highest BCUT2D eigenvalue weighted by Crippen LogP contribution is 2.20. The van der Waals surface area contributed by atoms with Crippen molar-refractivity contribution in [2.45, 2.75) is 13.0 Å². The zero-order chi connectivity index (χ0) is 11.0. The highest BCUT2D eigenvalue weighted by atomic mass is 16.3. The summed E-state index contributed by atoms with van der Waals surface area (Å²) in [6, 6.07) is 5.35. The van der Waals surface area contributed by atoms with Gasteiger partial charge in [0.1, 0.15) is 5.75 Å². The first-order valence-electron chi connectivity index (χ1n) is 5.67. The van der Waals surface area contributed by atoms with Gasteiger partial charge in [-0.25, -0.2) is 4.98 Å². The summed E-state index contributed by atoms with van der Waals surface area (Å²) in [4.78, 5) is 4.30. The fraction of sp³-hybridized carbons (Fsp3) is 0.417. The van der Waals surface area contributed by atoms with Crippen LogP contribution in [0.3, 0.4) is 0 Å². The minimum atomic E-state index is 0.278. The van der Waals surface area contributed by atoms with Gasteiger partial charge < -0.3 is 15.0 Å². The molecule has 0 aliphatic carbocycles. The largest absolute Gasteiger partial charge is 0.508 e. The molecule has 3 rings (SSSR count). The lowest BCUT2D eigenvalue weighted by molar-refractivity contribution is 0.475. The number of benzene rings is 1. The molecule has 84 valence electrons. The molecule has 4 nitrogen and oxygen atoms in total. The number of hydrogen-bond acceptors (Lipinski definition) is 3. The summed E-state index contributed by atoms with van der Waals surface area (Å²) in [5, 5.41) is 12.7. The van der Waals surface area contributed by atoms with Gasteiger partial charge in [0.05, 0.1) is 17.4 Å². The first-order valence-corrected chi connectivity index (χ1v) is 5.67. The summed E-state index contributed by atoms with van der Waals surface area (Å²) >= 11 is 0. The van der Waals surface area contributed by atoms with Gasteiger partial charge in [-0.05, 0) is 37.6 Å². The van der Waals surface area contributed by atoms with Crippen molar-refractivity contribution in [3.63, 3.8) is 0 Å². The van der Waals surface area contributed by atoms with Crippen LogP contribution in [0.15, 0.2) is 24.5 Å². The van der Waals surface area contributed by atoms with Crippen LogP contribution in [0.4, 0.5) is 0 Å². The quantitative estimate of drug-likeness (QED) is 0.798.